The lowest BCUT2D eigenvalue weighted by Gasteiger charge is -2.27. The maximum Gasteiger partial charge on any atom is 0.165 e. The topological polar surface area (TPSA) is 73.9 Å². The highest BCUT2D eigenvalue weighted by molar-refractivity contribution is 5.84. The van der Waals surface area contributed by atoms with E-state index in [9.17, 15) is 0 Å². The molecule has 0 atom stereocenters. The zero-order valence-electron chi connectivity index (χ0n) is 16.6. The van der Waals surface area contributed by atoms with Gasteiger partial charge in [-0.1, -0.05) is 24.3 Å². The fourth-order valence-electron chi connectivity index (χ4n) is 3.78. The minimum atomic E-state index is 0.717. The van der Waals surface area contributed by atoms with E-state index in [1.54, 1.807) is 6.33 Å². The highest BCUT2D eigenvalue weighted by atomic mass is 16.5. The normalized spacial score (nSPS) is 14.6. The molecule has 0 unspecified atom stereocenters. The summed E-state index contributed by atoms with van der Waals surface area (Å²) in [4.78, 5) is 16.1. The van der Waals surface area contributed by atoms with Crippen LogP contribution in [0, 0.1) is 6.92 Å². The third-order valence-electron chi connectivity index (χ3n) is 5.35. The number of anilines is 1. The zero-order chi connectivity index (χ0) is 19.8. The van der Waals surface area contributed by atoms with Crippen LogP contribution >= 0.6 is 0 Å². The van der Waals surface area contributed by atoms with Gasteiger partial charge in [-0.15, -0.1) is 0 Å². The molecule has 0 aliphatic carbocycles. The lowest BCUT2D eigenvalue weighted by molar-refractivity contribution is 0.122. The largest absolute Gasteiger partial charge is 0.378 e. The molecule has 8 nitrogen and oxygen atoms in total. The van der Waals surface area contributed by atoms with Crippen molar-refractivity contribution in [2.45, 2.75) is 13.5 Å². The van der Waals surface area contributed by atoms with E-state index in [2.05, 4.69) is 48.8 Å². The summed E-state index contributed by atoms with van der Waals surface area (Å²) in [5.41, 5.74) is 5.21. The van der Waals surface area contributed by atoms with Crippen molar-refractivity contribution in [3.8, 4) is 11.1 Å². The molecule has 3 aromatic heterocycles. The van der Waals surface area contributed by atoms with Crippen molar-refractivity contribution in [1.82, 2.24) is 29.3 Å². The monoisotopic (exact) mass is 389 g/mol. The second kappa shape index (κ2) is 7.29. The van der Waals surface area contributed by atoms with E-state index < -0.39 is 0 Å². The van der Waals surface area contributed by atoms with Crippen molar-refractivity contribution in [1.29, 1.82) is 0 Å². The Hall–Kier alpha value is -3.26. The molecule has 8 heteroatoms. The number of ether oxygens (including phenoxy) is 1. The Morgan fingerprint density at radius 1 is 1.03 bits per heavy atom. The average molecular weight is 389 g/mol. The van der Waals surface area contributed by atoms with Crippen molar-refractivity contribution in [2.75, 3.05) is 31.2 Å². The van der Waals surface area contributed by atoms with Crippen molar-refractivity contribution < 1.29 is 4.74 Å². The average Bonchev–Trinajstić information content (AvgIpc) is 3.32. The molecule has 148 valence electrons. The van der Waals surface area contributed by atoms with Gasteiger partial charge in [0.15, 0.2) is 17.0 Å². The van der Waals surface area contributed by atoms with E-state index in [1.807, 2.05) is 31.0 Å². The van der Waals surface area contributed by atoms with Crippen LogP contribution in [0.5, 0.6) is 0 Å². The molecule has 0 bridgehead atoms. The van der Waals surface area contributed by atoms with Crippen molar-refractivity contribution in [3.05, 3.63) is 54.4 Å². The first-order valence-corrected chi connectivity index (χ1v) is 9.77. The summed E-state index contributed by atoms with van der Waals surface area (Å²) in [7, 11) is 1.93. The van der Waals surface area contributed by atoms with E-state index in [0.29, 0.717) is 13.2 Å². The Morgan fingerprint density at radius 3 is 2.55 bits per heavy atom. The molecule has 0 amide bonds. The molecule has 4 aromatic rings. The van der Waals surface area contributed by atoms with Gasteiger partial charge in [0.2, 0.25) is 0 Å². The van der Waals surface area contributed by atoms with Gasteiger partial charge in [0.05, 0.1) is 26.0 Å². The van der Waals surface area contributed by atoms with Gasteiger partial charge < -0.3 is 14.2 Å². The summed E-state index contributed by atoms with van der Waals surface area (Å²) in [6.45, 7) is 5.83. The molecule has 0 N–H and O–H groups in total. The van der Waals surface area contributed by atoms with E-state index in [1.165, 1.54) is 5.56 Å². The van der Waals surface area contributed by atoms with Crippen LogP contribution in [0.1, 0.15) is 11.4 Å². The Labute approximate surface area is 168 Å². The number of aromatic nitrogens is 6. The van der Waals surface area contributed by atoms with Crippen LogP contribution < -0.4 is 4.90 Å². The molecule has 0 saturated carbocycles. The molecule has 0 radical (unpaired) electrons. The third-order valence-corrected chi connectivity index (χ3v) is 5.35. The molecular weight excluding hydrogens is 366 g/mol. The van der Waals surface area contributed by atoms with E-state index in [-0.39, 0.29) is 0 Å². The fraction of sp³-hybridized carbons (Fsp3) is 0.333. The minimum absolute atomic E-state index is 0.717. The quantitative estimate of drug-likeness (QED) is 0.534. The second-order valence-electron chi connectivity index (χ2n) is 7.31. The number of hydrogen-bond acceptors (Lipinski definition) is 6. The molecule has 1 saturated heterocycles. The first-order chi connectivity index (χ1) is 14.2. The minimum Gasteiger partial charge on any atom is -0.378 e. The predicted molar refractivity (Wildman–Crippen MR) is 111 cm³/mol. The molecule has 1 aliphatic rings. The number of benzene rings is 1. The van der Waals surface area contributed by atoms with Gasteiger partial charge in [-0.3, -0.25) is 4.68 Å². The molecule has 0 spiro atoms. The highest BCUT2D eigenvalue weighted by Gasteiger charge is 2.20. The summed E-state index contributed by atoms with van der Waals surface area (Å²) in [5, 5.41) is 4.25. The summed E-state index contributed by atoms with van der Waals surface area (Å²) in [5.74, 6) is 1.83. The smallest absolute Gasteiger partial charge is 0.165 e. The number of imidazole rings is 1. The summed E-state index contributed by atoms with van der Waals surface area (Å²) in [6, 6.07) is 8.57. The standard InChI is InChI=1S/C21H23N7O/c1-15-25-19-20(27-7-9-29-10-8-27)22-14-23-21(19)28(15)12-16-3-5-17(6-4-16)18-11-24-26(2)13-18/h3-6,11,13-14H,7-10,12H2,1-2H3. The van der Waals surface area contributed by atoms with Gasteiger partial charge in [0.25, 0.3) is 0 Å². The third kappa shape index (κ3) is 3.36. The van der Waals surface area contributed by atoms with Crippen LogP contribution in [-0.4, -0.2) is 55.6 Å². The van der Waals surface area contributed by atoms with Gasteiger partial charge in [0, 0.05) is 31.9 Å². The van der Waals surface area contributed by atoms with E-state index in [4.69, 9.17) is 9.72 Å². The first kappa shape index (κ1) is 17.8. The van der Waals surface area contributed by atoms with Crippen molar-refractivity contribution in [3.63, 3.8) is 0 Å². The Balaban J connectivity index is 1.45. The van der Waals surface area contributed by atoms with Gasteiger partial charge in [-0.05, 0) is 18.1 Å². The lowest BCUT2D eigenvalue weighted by atomic mass is 10.1. The lowest BCUT2D eigenvalue weighted by Crippen LogP contribution is -2.36. The fourth-order valence-corrected chi connectivity index (χ4v) is 3.78. The van der Waals surface area contributed by atoms with Crippen LogP contribution in [-0.2, 0) is 18.3 Å². The molecule has 4 heterocycles. The van der Waals surface area contributed by atoms with Gasteiger partial charge >= 0.3 is 0 Å². The zero-order valence-corrected chi connectivity index (χ0v) is 16.6. The maximum atomic E-state index is 5.47. The van der Waals surface area contributed by atoms with E-state index in [0.717, 1.165) is 53.6 Å². The Bertz CT molecular complexity index is 1140. The Morgan fingerprint density at radius 2 is 1.83 bits per heavy atom. The van der Waals surface area contributed by atoms with Crippen molar-refractivity contribution in [2.24, 2.45) is 7.05 Å². The summed E-state index contributed by atoms with van der Waals surface area (Å²) in [6.07, 6.45) is 5.54. The summed E-state index contributed by atoms with van der Waals surface area (Å²) >= 11 is 0. The number of aryl methyl sites for hydroxylation is 2. The van der Waals surface area contributed by atoms with Gasteiger partial charge in [0.1, 0.15) is 12.2 Å². The number of nitrogens with zero attached hydrogens (tertiary/aromatic N) is 7. The molecular formula is C21H23N7O. The van der Waals surface area contributed by atoms with E-state index >= 15 is 0 Å². The molecule has 5 rings (SSSR count). The number of morpholine rings is 1. The van der Waals surface area contributed by atoms with Crippen LogP contribution in [0.2, 0.25) is 0 Å². The van der Waals surface area contributed by atoms with Crippen LogP contribution in [0.15, 0.2) is 43.0 Å². The second-order valence-corrected chi connectivity index (χ2v) is 7.31. The molecule has 1 aliphatic heterocycles. The first-order valence-electron chi connectivity index (χ1n) is 9.77. The summed E-state index contributed by atoms with van der Waals surface area (Å²) < 4.78 is 9.44. The molecule has 1 aromatic carbocycles. The number of hydrogen-bond donors (Lipinski definition) is 0. The van der Waals surface area contributed by atoms with Gasteiger partial charge in [-0.25, -0.2) is 15.0 Å². The SMILES string of the molecule is Cc1nc2c(N3CCOCC3)ncnc2n1Cc1ccc(-c2cnn(C)c2)cc1. The predicted octanol–water partition coefficient (Wildman–Crippen LogP) is 2.42. The van der Waals surface area contributed by atoms with Crippen LogP contribution in [0.4, 0.5) is 5.82 Å². The van der Waals surface area contributed by atoms with Crippen LogP contribution in [0.25, 0.3) is 22.3 Å². The van der Waals surface area contributed by atoms with Gasteiger partial charge in [-0.2, -0.15) is 5.10 Å². The van der Waals surface area contributed by atoms with Crippen molar-refractivity contribution >= 4 is 17.0 Å². The number of fused-ring (bicyclic) bond motifs is 1. The molecule has 1 fully saturated rings. The maximum absolute atomic E-state index is 5.47. The molecule has 29 heavy (non-hydrogen) atoms. The Kier molecular flexibility index (Phi) is 4.48. The number of rotatable bonds is 4. The highest BCUT2D eigenvalue weighted by Crippen LogP contribution is 2.25. The van der Waals surface area contributed by atoms with Crippen LogP contribution in [0.3, 0.4) is 0 Å².